The number of carboxylic acids is 2. The molecule has 0 spiro atoms. The minimum atomic E-state index is -4.35. The second-order valence-corrected chi connectivity index (χ2v) is 23.2. The Balaban J connectivity index is 0.000000172. The van der Waals surface area contributed by atoms with Gasteiger partial charge in [-0.05, 0) is 144 Å². The lowest BCUT2D eigenvalue weighted by molar-refractivity contribution is -0.646. The van der Waals surface area contributed by atoms with Crippen LogP contribution in [0, 0.1) is 13.8 Å². The SMILES string of the molecule is Cc1cc(C=Cc2ccc3cc(N(C)C)ccc3[n+]2C)c(C)n1-c1ccccc1.Cl.Cl.O=C(O)c1cc2ccccc2c(Cc2c(O)c(C(=O)O)cc3ccccc23)c1[O-].OCCN1CCN(CCCN2c3ccccc3Sc3ccc(C(F)(F)F)cc32)CC1. The van der Waals surface area contributed by atoms with Crippen LogP contribution < -0.4 is 19.5 Å². The molecule has 1 fully saturated rings. The lowest BCUT2D eigenvalue weighted by Crippen LogP contribution is -2.47. The van der Waals surface area contributed by atoms with Crippen molar-refractivity contribution in [2.45, 2.75) is 42.7 Å². The number of nitrogens with zero attached hydrogens (tertiary/aromatic N) is 6. The molecule has 19 heteroatoms. The Kier molecular flexibility index (Phi) is 22.0. The minimum Gasteiger partial charge on any atom is -0.872 e. The zero-order chi connectivity index (χ0) is 62.4. The summed E-state index contributed by atoms with van der Waals surface area (Å²) in [4.78, 5) is 33.9. The van der Waals surface area contributed by atoms with Gasteiger partial charge in [0.25, 0.3) is 0 Å². The molecule has 0 unspecified atom stereocenters. The molecule has 8 aromatic carbocycles. The van der Waals surface area contributed by atoms with E-state index in [0.29, 0.717) is 40.3 Å². The molecule has 468 valence electrons. The van der Waals surface area contributed by atoms with Crippen molar-refractivity contribution in [3.8, 4) is 17.2 Å². The highest BCUT2D eigenvalue weighted by Gasteiger charge is 2.33. The van der Waals surface area contributed by atoms with E-state index in [-0.39, 0.29) is 60.1 Å². The van der Waals surface area contributed by atoms with Crippen molar-refractivity contribution in [1.29, 1.82) is 0 Å². The van der Waals surface area contributed by atoms with Crippen molar-refractivity contribution >= 4 is 110 Å². The van der Waals surface area contributed by atoms with E-state index >= 15 is 0 Å². The fourth-order valence-electron chi connectivity index (χ4n) is 11.7. The highest BCUT2D eigenvalue weighted by atomic mass is 35.5. The van der Waals surface area contributed by atoms with Gasteiger partial charge in [-0.15, -0.1) is 24.8 Å². The average Bonchev–Trinajstić information content (AvgIpc) is 1.07. The predicted molar refractivity (Wildman–Crippen MR) is 357 cm³/mol. The first kappa shape index (κ1) is 67.4. The maximum Gasteiger partial charge on any atom is 0.416 e. The van der Waals surface area contributed by atoms with Gasteiger partial charge in [0.2, 0.25) is 11.2 Å². The first-order valence-corrected chi connectivity index (χ1v) is 29.9. The first-order valence-electron chi connectivity index (χ1n) is 29.0. The van der Waals surface area contributed by atoms with Gasteiger partial charge in [0.1, 0.15) is 18.4 Å². The Labute approximate surface area is 538 Å². The Bertz CT molecular complexity index is 4150. The maximum absolute atomic E-state index is 13.3. The predicted octanol–water partition coefficient (Wildman–Crippen LogP) is 14.2. The number of halogens is 5. The molecule has 0 saturated carbocycles. The van der Waals surface area contributed by atoms with Crippen molar-refractivity contribution in [1.82, 2.24) is 14.4 Å². The van der Waals surface area contributed by atoms with Crippen LogP contribution in [0.1, 0.15) is 66.5 Å². The molecule has 0 amide bonds. The Morgan fingerprint density at radius 2 is 1.26 bits per heavy atom. The zero-order valence-electron chi connectivity index (χ0n) is 50.4. The summed E-state index contributed by atoms with van der Waals surface area (Å²) in [5.74, 6) is -3.71. The van der Waals surface area contributed by atoms with Crippen LogP contribution in [0.4, 0.5) is 30.2 Å². The highest BCUT2D eigenvalue weighted by molar-refractivity contribution is 7.99. The lowest BCUT2D eigenvalue weighted by Gasteiger charge is -2.36. The maximum atomic E-state index is 13.3. The number of benzene rings is 8. The fraction of sp³-hybridized carbons (Fsp3) is 0.225. The normalized spacial score (nSPS) is 13.1. The smallest absolute Gasteiger partial charge is 0.416 e. The molecule has 10 aromatic rings. The van der Waals surface area contributed by atoms with E-state index in [0.717, 1.165) is 54.6 Å². The number of fused-ring (bicyclic) bond motifs is 5. The number of hydrogen-bond acceptors (Lipinski definition) is 10. The third kappa shape index (κ3) is 14.9. The monoisotopic (exact) mass is 1280 g/mol. The van der Waals surface area contributed by atoms with Crippen LogP contribution in [0.5, 0.6) is 11.5 Å². The molecule has 0 bridgehead atoms. The molecule has 2 aromatic heterocycles. The summed E-state index contributed by atoms with van der Waals surface area (Å²) in [6.45, 7) is 10.6. The van der Waals surface area contributed by atoms with Crippen molar-refractivity contribution in [3.63, 3.8) is 0 Å². The molecular weight excluding hydrogens is 1210 g/mol. The summed E-state index contributed by atoms with van der Waals surface area (Å²) in [5.41, 5.74) is 9.41. The van der Waals surface area contributed by atoms with E-state index in [1.54, 1.807) is 54.6 Å². The van der Waals surface area contributed by atoms with Gasteiger partial charge in [0.15, 0.2) is 0 Å². The number of aliphatic hydroxyl groups is 1. The summed E-state index contributed by atoms with van der Waals surface area (Å²) < 4.78 is 44.5. The molecule has 12 rings (SSSR count). The van der Waals surface area contributed by atoms with Gasteiger partial charge in [-0.25, -0.2) is 9.59 Å². The molecule has 90 heavy (non-hydrogen) atoms. The first-order chi connectivity index (χ1) is 42.3. The number of alkyl halides is 3. The van der Waals surface area contributed by atoms with Crippen LogP contribution in [-0.4, -0.2) is 113 Å². The molecular formula is C71H71Cl2F3N6O7S. The largest absolute Gasteiger partial charge is 0.872 e. The number of aryl methyl sites for hydroxylation is 2. The number of β-amino-alcohol motifs (C(OH)–C–C–N with tert-alkyl or cyclic N) is 1. The van der Waals surface area contributed by atoms with E-state index < -0.39 is 35.2 Å². The summed E-state index contributed by atoms with van der Waals surface area (Å²) in [6.07, 6.45) is 0.840. The van der Waals surface area contributed by atoms with Crippen molar-refractivity contribution in [2.75, 3.05) is 76.3 Å². The van der Waals surface area contributed by atoms with Crippen LogP contribution >= 0.6 is 36.6 Å². The van der Waals surface area contributed by atoms with Gasteiger partial charge >= 0.3 is 18.1 Å². The minimum absolute atomic E-state index is 0. The van der Waals surface area contributed by atoms with Crippen LogP contribution in [0.2, 0.25) is 0 Å². The summed E-state index contributed by atoms with van der Waals surface area (Å²) in [7, 11) is 6.28. The molecule has 0 radical (unpaired) electrons. The van der Waals surface area contributed by atoms with E-state index in [9.17, 15) is 43.2 Å². The second-order valence-electron chi connectivity index (χ2n) is 22.2. The molecule has 13 nitrogen and oxygen atoms in total. The van der Waals surface area contributed by atoms with E-state index in [1.165, 1.54) is 81.0 Å². The number of aromatic nitrogens is 2. The summed E-state index contributed by atoms with van der Waals surface area (Å²) in [6, 6.07) is 52.2. The number of aromatic hydroxyl groups is 1. The van der Waals surface area contributed by atoms with Crippen LogP contribution in [-0.2, 0) is 19.6 Å². The average molecular weight is 1280 g/mol. The number of piperazine rings is 1. The summed E-state index contributed by atoms with van der Waals surface area (Å²) >= 11 is 1.53. The number of aromatic carboxylic acids is 2. The molecule has 4 heterocycles. The number of carbonyl (C=O) groups is 2. The molecule has 0 aliphatic carbocycles. The summed E-state index contributed by atoms with van der Waals surface area (Å²) in [5, 5.41) is 55.1. The Morgan fingerprint density at radius 3 is 1.90 bits per heavy atom. The molecule has 4 N–H and O–H groups in total. The molecule has 2 aliphatic heterocycles. The fourth-order valence-corrected chi connectivity index (χ4v) is 12.8. The number of carboxylic acid groups (broad SMARTS) is 2. The Morgan fingerprint density at radius 1 is 0.656 bits per heavy atom. The lowest BCUT2D eigenvalue weighted by atomic mass is 9.90. The van der Waals surface area contributed by atoms with Gasteiger partial charge < -0.3 is 44.8 Å². The number of hydrogen-bond donors (Lipinski definition) is 4. The number of anilines is 3. The van der Waals surface area contributed by atoms with Gasteiger partial charge in [0, 0.05) is 121 Å². The number of phenols is 1. The van der Waals surface area contributed by atoms with E-state index in [1.807, 2.05) is 29.2 Å². The van der Waals surface area contributed by atoms with Gasteiger partial charge in [-0.1, -0.05) is 96.4 Å². The molecule has 0 atom stereocenters. The van der Waals surface area contributed by atoms with Crippen molar-refractivity contribution < 1.29 is 52.9 Å². The van der Waals surface area contributed by atoms with Crippen molar-refractivity contribution in [2.24, 2.45) is 7.05 Å². The number of aliphatic hydroxyl groups excluding tert-OH is 1. The molecule has 2 aliphatic rings. The van der Waals surface area contributed by atoms with E-state index in [2.05, 4.69) is 138 Å². The zero-order valence-corrected chi connectivity index (χ0v) is 52.9. The Hall–Kier alpha value is -8.55. The van der Waals surface area contributed by atoms with Crippen LogP contribution in [0.25, 0.3) is 50.3 Å². The van der Waals surface area contributed by atoms with Gasteiger partial charge in [-0.3, -0.25) is 4.90 Å². The highest BCUT2D eigenvalue weighted by Crippen LogP contribution is 2.50. The topological polar surface area (TPSA) is 160 Å². The van der Waals surface area contributed by atoms with Gasteiger partial charge in [0.05, 0.1) is 29.1 Å². The number of para-hydroxylation sites is 2. The second kappa shape index (κ2) is 29.4. The van der Waals surface area contributed by atoms with Gasteiger partial charge in [-0.2, -0.15) is 17.7 Å². The third-order valence-electron chi connectivity index (χ3n) is 16.4. The standard InChI is InChI=1S/C26H28N3.C23H16O6.C22H26F3N3OS.2ClH/c1-19-17-21(20(2)29(19)24-9-7-6-8-10-24)11-13-23-14-12-22-18-25(27(3)4)15-16-26(22)28(23)5;24-20-16(14-7-3-1-5-12(14)9-18(20)22(26)27)11-17-15-8-4-2-6-13(15)10-19(21(17)25)23(28)29;23-22(24,25)17-6-7-21-19(16-17)28(18-4-1-2-5-20(18)30-21)9-3-8-26-10-12-27(13-11-26)14-15-29;;/h6-18H,1-5H3;1-10,24-25H,11H2,(H,26,27)(H,28,29);1-2,4-7,16,29H,3,8-15H2;2*1H/q+1;;;;/p-1. The number of pyridine rings is 1. The quantitative estimate of drug-likeness (QED) is 0.0765. The van der Waals surface area contributed by atoms with Crippen molar-refractivity contribution in [3.05, 3.63) is 220 Å². The van der Waals surface area contributed by atoms with E-state index in [4.69, 9.17) is 5.11 Å². The van der Waals surface area contributed by atoms with Crippen LogP contribution in [0.3, 0.4) is 0 Å². The van der Waals surface area contributed by atoms with Crippen LogP contribution in [0.15, 0.2) is 180 Å². The third-order valence-corrected chi connectivity index (χ3v) is 17.5. The molecule has 1 saturated heterocycles. The number of rotatable bonds is 14.